The molecule has 112 valence electrons. The van der Waals surface area contributed by atoms with E-state index in [4.69, 9.17) is 10.9 Å². The Morgan fingerprint density at radius 2 is 2.15 bits per heavy atom. The van der Waals surface area contributed by atoms with Crippen LogP contribution in [0.15, 0.2) is 22.7 Å². The first-order valence-corrected chi connectivity index (χ1v) is 7.46. The fraction of sp³-hybridized carbons (Fsp3) is 0.500. The monoisotopic (exact) mass is 343 g/mol. The van der Waals surface area contributed by atoms with Crippen LogP contribution in [0.25, 0.3) is 0 Å². The molecule has 0 unspecified atom stereocenters. The van der Waals surface area contributed by atoms with Crippen LogP contribution in [-0.2, 0) is 6.54 Å². The lowest BCUT2D eigenvalue weighted by atomic mass is 10.1. The first-order valence-electron chi connectivity index (χ1n) is 6.67. The van der Waals surface area contributed by atoms with Gasteiger partial charge in [0.2, 0.25) is 0 Å². The molecule has 0 spiro atoms. The fourth-order valence-corrected chi connectivity index (χ4v) is 2.44. The van der Waals surface area contributed by atoms with E-state index in [0.29, 0.717) is 5.56 Å². The first kappa shape index (κ1) is 17.1. The van der Waals surface area contributed by atoms with Gasteiger partial charge in [0.1, 0.15) is 0 Å². The number of aliphatic hydroxyl groups is 1. The average molecular weight is 344 g/mol. The van der Waals surface area contributed by atoms with E-state index in [9.17, 15) is 4.79 Å². The molecule has 4 N–H and O–H groups in total. The lowest BCUT2D eigenvalue weighted by Gasteiger charge is -2.17. The van der Waals surface area contributed by atoms with E-state index in [-0.39, 0.29) is 12.5 Å². The number of nitrogen functional groups attached to an aromatic ring is 1. The summed E-state index contributed by atoms with van der Waals surface area (Å²) in [5.74, 6) is 4.81. The predicted molar refractivity (Wildman–Crippen MR) is 83.1 cm³/mol. The number of carbonyl (C=O) groups is 1. The number of amides is 1. The smallest absolute Gasteiger partial charge is 0.265 e. The molecule has 0 fully saturated rings. The number of halogens is 1. The van der Waals surface area contributed by atoms with E-state index < -0.39 is 0 Å². The molecule has 0 radical (unpaired) electrons. The highest BCUT2D eigenvalue weighted by Gasteiger charge is 2.08. The van der Waals surface area contributed by atoms with Gasteiger partial charge in [-0.1, -0.05) is 22.0 Å². The molecule has 5 nitrogen and oxygen atoms in total. The number of nitrogens with zero attached hydrogens (tertiary/aromatic N) is 1. The van der Waals surface area contributed by atoms with Crippen LogP contribution in [0.3, 0.4) is 0 Å². The molecule has 0 bridgehead atoms. The van der Waals surface area contributed by atoms with E-state index in [0.717, 1.165) is 42.4 Å². The maximum Gasteiger partial charge on any atom is 0.265 e. The lowest BCUT2D eigenvalue weighted by Crippen LogP contribution is -2.30. The molecule has 0 saturated carbocycles. The van der Waals surface area contributed by atoms with Crippen LogP contribution in [0.5, 0.6) is 0 Å². The third-order valence-electron chi connectivity index (χ3n) is 3.08. The Morgan fingerprint density at radius 3 is 2.75 bits per heavy atom. The normalized spacial score (nSPS) is 10.8. The van der Waals surface area contributed by atoms with Crippen molar-refractivity contribution >= 4 is 21.8 Å². The zero-order valence-electron chi connectivity index (χ0n) is 11.7. The Labute approximate surface area is 128 Å². The van der Waals surface area contributed by atoms with Crippen molar-refractivity contribution in [1.29, 1.82) is 0 Å². The Balaban J connectivity index is 2.53. The molecule has 0 aliphatic rings. The highest BCUT2D eigenvalue weighted by molar-refractivity contribution is 9.10. The molecule has 1 aromatic rings. The Kier molecular flexibility index (Phi) is 7.76. The summed E-state index contributed by atoms with van der Waals surface area (Å²) in [7, 11) is 2.06. The van der Waals surface area contributed by atoms with E-state index in [1.165, 1.54) is 0 Å². The van der Waals surface area contributed by atoms with Crippen molar-refractivity contribution in [1.82, 2.24) is 10.3 Å². The highest BCUT2D eigenvalue weighted by Crippen LogP contribution is 2.20. The Bertz CT molecular complexity index is 440. The topological polar surface area (TPSA) is 78.6 Å². The summed E-state index contributed by atoms with van der Waals surface area (Å²) in [6.07, 6.45) is 2.97. The standard InChI is InChI=1S/C14H22BrN3O2/c1-18(7-3-2-4-8-19)10-12-6-5-11(9-13(12)15)14(20)17-16/h5-6,9,19H,2-4,7-8,10,16H2,1H3,(H,17,20). The van der Waals surface area contributed by atoms with Crippen LogP contribution in [-0.4, -0.2) is 36.1 Å². The second-order valence-corrected chi connectivity index (χ2v) is 5.66. The van der Waals surface area contributed by atoms with Gasteiger partial charge in [0.05, 0.1) is 0 Å². The highest BCUT2D eigenvalue weighted by atomic mass is 79.9. The van der Waals surface area contributed by atoms with Gasteiger partial charge in [0.25, 0.3) is 5.91 Å². The number of nitrogens with two attached hydrogens (primary N) is 1. The second-order valence-electron chi connectivity index (χ2n) is 4.80. The average Bonchev–Trinajstić information content (AvgIpc) is 2.45. The summed E-state index contributed by atoms with van der Waals surface area (Å²) < 4.78 is 0.904. The minimum atomic E-state index is -0.297. The van der Waals surface area contributed by atoms with E-state index in [2.05, 4.69) is 33.3 Å². The maximum atomic E-state index is 11.4. The van der Waals surface area contributed by atoms with Crippen LogP contribution in [0.4, 0.5) is 0 Å². The minimum Gasteiger partial charge on any atom is -0.396 e. The molecular weight excluding hydrogens is 322 g/mol. The van der Waals surface area contributed by atoms with Crippen LogP contribution in [0.2, 0.25) is 0 Å². The number of unbranched alkanes of at least 4 members (excludes halogenated alkanes) is 2. The summed E-state index contributed by atoms with van der Waals surface area (Å²) in [4.78, 5) is 13.6. The lowest BCUT2D eigenvalue weighted by molar-refractivity contribution is 0.0953. The number of rotatable bonds is 8. The zero-order valence-corrected chi connectivity index (χ0v) is 13.3. The number of nitrogens with one attached hydrogen (secondary N) is 1. The van der Waals surface area contributed by atoms with E-state index >= 15 is 0 Å². The minimum absolute atomic E-state index is 0.264. The SMILES string of the molecule is CN(CCCCCO)Cc1ccc(C(=O)NN)cc1Br. The van der Waals surface area contributed by atoms with Gasteiger partial charge >= 0.3 is 0 Å². The number of hydrogen-bond donors (Lipinski definition) is 3. The van der Waals surface area contributed by atoms with Crippen molar-refractivity contribution in [3.63, 3.8) is 0 Å². The molecule has 6 heteroatoms. The number of hydrazine groups is 1. The van der Waals surface area contributed by atoms with Crippen LogP contribution < -0.4 is 11.3 Å². The molecule has 1 aromatic carbocycles. The number of aliphatic hydroxyl groups excluding tert-OH is 1. The van der Waals surface area contributed by atoms with Gasteiger partial charge in [-0.25, -0.2) is 5.84 Å². The summed E-state index contributed by atoms with van der Waals surface area (Å²) in [5.41, 5.74) is 3.78. The second kappa shape index (κ2) is 9.07. The van der Waals surface area contributed by atoms with Gasteiger partial charge in [-0.3, -0.25) is 10.2 Å². The van der Waals surface area contributed by atoms with Crippen LogP contribution in [0.1, 0.15) is 35.2 Å². The van der Waals surface area contributed by atoms with Crippen LogP contribution in [0, 0.1) is 0 Å². The van der Waals surface area contributed by atoms with E-state index in [1.807, 2.05) is 6.07 Å². The van der Waals surface area contributed by atoms with Crippen molar-refractivity contribution in [2.45, 2.75) is 25.8 Å². The van der Waals surface area contributed by atoms with Gasteiger partial charge in [0.15, 0.2) is 0 Å². The number of benzene rings is 1. The van der Waals surface area contributed by atoms with Crippen molar-refractivity contribution in [2.75, 3.05) is 20.2 Å². The van der Waals surface area contributed by atoms with Gasteiger partial charge in [-0.05, 0) is 50.6 Å². The third-order valence-corrected chi connectivity index (χ3v) is 3.82. The van der Waals surface area contributed by atoms with Crippen molar-refractivity contribution < 1.29 is 9.90 Å². The van der Waals surface area contributed by atoms with Gasteiger partial charge in [0, 0.05) is 23.2 Å². The number of hydrogen-bond acceptors (Lipinski definition) is 4. The molecule has 0 aliphatic carbocycles. The molecule has 0 saturated heterocycles. The quantitative estimate of drug-likeness (QED) is 0.290. The summed E-state index contributed by atoms with van der Waals surface area (Å²) in [5, 5.41) is 8.73. The predicted octanol–water partition coefficient (Wildman–Crippen LogP) is 1.65. The summed E-state index contributed by atoms with van der Waals surface area (Å²) in [6, 6.07) is 5.47. The van der Waals surface area contributed by atoms with Crippen molar-refractivity contribution in [2.24, 2.45) is 5.84 Å². The molecule has 20 heavy (non-hydrogen) atoms. The largest absolute Gasteiger partial charge is 0.396 e. The molecule has 0 aromatic heterocycles. The Hall–Kier alpha value is -0.950. The third kappa shape index (κ3) is 5.58. The Morgan fingerprint density at radius 1 is 1.40 bits per heavy atom. The van der Waals surface area contributed by atoms with Gasteiger partial charge in [-0.2, -0.15) is 0 Å². The fourth-order valence-electron chi connectivity index (χ4n) is 1.94. The maximum absolute atomic E-state index is 11.4. The van der Waals surface area contributed by atoms with Gasteiger partial charge in [-0.15, -0.1) is 0 Å². The molecule has 0 heterocycles. The zero-order chi connectivity index (χ0) is 15.0. The molecule has 1 amide bonds. The van der Waals surface area contributed by atoms with Crippen LogP contribution >= 0.6 is 15.9 Å². The van der Waals surface area contributed by atoms with Gasteiger partial charge < -0.3 is 10.0 Å². The van der Waals surface area contributed by atoms with Crippen molar-refractivity contribution in [3.05, 3.63) is 33.8 Å². The van der Waals surface area contributed by atoms with Crippen molar-refractivity contribution in [3.8, 4) is 0 Å². The molecule has 0 atom stereocenters. The molecule has 1 rings (SSSR count). The summed E-state index contributed by atoms with van der Waals surface area (Å²) in [6.45, 7) is 2.06. The summed E-state index contributed by atoms with van der Waals surface area (Å²) >= 11 is 3.49. The van der Waals surface area contributed by atoms with E-state index in [1.54, 1.807) is 12.1 Å². The first-order chi connectivity index (χ1) is 9.58. The molecule has 0 aliphatic heterocycles. The number of carbonyl (C=O) groups excluding carboxylic acids is 1. The molecular formula is C14H22BrN3O2.